The minimum absolute atomic E-state index is 0. The second kappa shape index (κ2) is 64.1. The number of alkyl halides is 1. The zero-order chi connectivity index (χ0) is 15.4. The molecule has 0 bridgehead atoms. The van der Waals surface area contributed by atoms with Crippen LogP contribution in [0.3, 0.4) is 0 Å². The molecule has 0 aliphatic carbocycles. The third-order valence-electron chi connectivity index (χ3n) is 0.605. The average molecular weight is 454 g/mol. The van der Waals surface area contributed by atoms with E-state index in [0.717, 1.165) is 18.4 Å². The van der Waals surface area contributed by atoms with Gasteiger partial charge in [-0.3, -0.25) is 0 Å². The maximum absolute atomic E-state index is 10.1. The van der Waals surface area contributed by atoms with Crippen LogP contribution in [0.4, 0.5) is 0 Å². The van der Waals surface area contributed by atoms with E-state index < -0.39 is 5.60 Å². The fourth-order valence-electron chi connectivity index (χ4n) is 0.0772. The molecule has 0 rings (SSSR count). The first-order valence-electron chi connectivity index (χ1n) is 5.82. The maximum atomic E-state index is 10.1. The topological polar surface area (TPSA) is 93.0 Å². The van der Waals surface area contributed by atoms with Gasteiger partial charge in [0.1, 0.15) is 0 Å². The van der Waals surface area contributed by atoms with Gasteiger partial charge in [0.25, 0.3) is 0 Å². The molecule has 0 aliphatic heterocycles. The van der Waals surface area contributed by atoms with Crippen molar-refractivity contribution in [2.75, 3.05) is 38.9 Å². The second-order valence-electron chi connectivity index (χ2n) is 3.96. The summed E-state index contributed by atoms with van der Waals surface area (Å²) >= 11 is 3.18. The third kappa shape index (κ3) is 359. The molecule has 0 saturated heterocycles. The van der Waals surface area contributed by atoms with Gasteiger partial charge in [-0.1, -0.05) is 80.8 Å². The molecule has 0 unspecified atom stereocenters. The summed E-state index contributed by atoms with van der Waals surface area (Å²) in [5.41, 5.74) is -0.750. The Hall–Kier alpha value is 1.92. The summed E-state index contributed by atoms with van der Waals surface area (Å²) in [6.07, 6.45) is 0.875. The summed E-state index contributed by atoms with van der Waals surface area (Å²) in [6.45, 7) is 7.70. The first-order chi connectivity index (χ1) is 8.24. The van der Waals surface area contributed by atoms with Crippen LogP contribution in [0.2, 0.25) is 0 Å². The van der Waals surface area contributed by atoms with Crippen LogP contribution >= 0.6 is 15.9 Å². The normalized spacial score (nSPS) is 6.75. The minimum atomic E-state index is -0.750. The number of methoxy groups -OCH3 is 1. The first-order valence-corrected chi connectivity index (χ1v) is 6.95. The van der Waals surface area contributed by atoms with Crippen LogP contribution in [-0.4, -0.2) is 59.8 Å². The van der Waals surface area contributed by atoms with E-state index in [1.54, 1.807) is 27.9 Å². The summed E-state index contributed by atoms with van der Waals surface area (Å²) in [7, 11) is 1.68. The Labute approximate surface area is 206 Å². The van der Waals surface area contributed by atoms with E-state index in [4.69, 9.17) is 15.3 Å². The maximum Gasteiger partial charge on any atom is 1.00 e. The fourth-order valence-corrected chi connectivity index (χ4v) is 0.401. The molecule has 0 atom stereocenters. The molecular weight excluding hydrogens is 403 g/mol. The number of aliphatic hydroxyl groups is 3. The van der Waals surface area contributed by atoms with Crippen molar-refractivity contribution in [2.24, 2.45) is 0 Å². The van der Waals surface area contributed by atoms with Gasteiger partial charge in [-0.25, -0.2) is 0 Å². The van der Waals surface area contributed by atoms with Crippen molar-refractivity contribution in [1.82, 2.24) is 0 Å². The Morgan fingerprint density at radius 3 is 1.08 bits per heavy atom. The van der Waals surface area contributed by atoms with Crippen LogP contribution < -0.4 is 56.5 Å². The standard InChI is InChI=1S/C4H9O.C3H7BrO.C3H8O.C2H6O2.5CH4.K/c1-4(2,3)5;1-5-3-2-4;1-2-3-4;3-1-2-4;;;;;;/h1-3H3;2-3H2,1H3;4H,2-3H2,1H3;3-4H,1-2H2;5*1H4;/q-1;;;;;;;;;+1. The molecule has 0 amide bonds. The smallest absolute Gasteiger partial charge is 0.850 e. The largest absolute Gasteiger partial charge is 1.00 e. The van der Waals surface area contributed by atoms with Gasteiger partial charge in [0.2, 0.25) is 0 Å². The van der Waals surface area contributed by atoms with E-state index in [2.05, 4.69) is 20.7 Å². The summed E-state index contributed by atoms with van der Waals surface area (Å²) in [6, 6.07) is 0. The van der Waals surface area contributed by atoms with Crippen LogP contribution in [0.5, 0.6) is 0 Å². The molecule has 0 aromatic heterocycles. The monoisotopic (exact) mass is 452 g/mol. The van der Waals surface area contributed by atoms with Crippen molar-refractivity contribution in [1.29, 1.82) is 0 Å². The summed E-state index contributed by atoms with van der Waals surface area (Å²) in [4.78, 5) is 0. The molecule has 156 valence electrons. The first kappa shape index (κ1) is 63.5. The molecule has 0 spiro atoms. The van der Waals surface area contributed by atoms with Crippen molar-refractivity contribution >= 4 is 15.9 Å². The Bertz CT molecular complexity index is 99.6. The number of hydrogen-bond donors (Lipinski definition) is 3. The van der Waals surface area contributed by atoms with Gasteiger partial charge in [-0.2, -0.15) is 0 Å². The van der Waals surface area contributed by atoms with Crippen molar-refractivity contribution in [3.05, 3.63) is 0 Å². The Morgan fingerprint density at radius 2 is 1.08 bits per heavy atom. The molecule has 0 heterocycles. The van der Waals surface area contributed by atoms with E-state index in [-0.39, 0.29) is 102 Å². The number of aliphatic hydroxyl groups excluding tert-OH is 3. The molecule has 0 radical (unpaired) electrons. The predicted molar refractivity (Wildman–Crippen MR) is 111 cm³/mol. The Balaban J connectivity index is -0.0000000126. The van der Waals surface area contributed by atoms with Gasteiger partial charge in [0, 0.05) is 19.0 Å². The molecule has 3 N–H and O–H groups in total. The average Bonchev–Trinajstić information content (AvgIpc) is 2.29. The Morgan fingerprint density at radius 1 is 0.875 bits per heavy atom. The van der Waals surface area contributed by atoms with Crippen molar-refractivity contribution in [2.45, 2.75) is 76.9 Å². The van der Waals surface area contributed by atoms with E-state index in [9.17, 15) is 5.11 Å². The van der Waals surface area contributed by atoms with Gasteiger partial charge < -0.3 is 25.2 Å². The summed E-state index contributed by atoms with van der Waals surface area (Å²) in [5.74, 6) is 0. The molecule has 0 aliphatic rings. The number of ether oxygens (including phenoxy) is 1. The van der Waals surface area contributed by atoms with Crippen LogP contribution in [-0.2, 0) is 4.74 Å². The van der Waals surface area contributed by atoms with Crippen LogP contribution in [0.15, 0.2) is 0 Å². The molecule has 7 heteroatoms. The number of halogens is 1. The summed E-state index contributed by atoms with van der Waals surface area (Å²) < 4.78 is 4.64. The number of rotatable bonds is 4. The molecular formula is C17H50BrKO5. The molecule has 0 aromatic carbocycles. The van der Waals surface area contributed by atoms with Crippen LogP contribution in [0.1, 0.15) is 71.2 Å². The molecule has 24 heavy (non-hydrogen) atoms. The second-order valence-corrected chi connectivity index (χ2v) is 4.76. The van der Waals surface area contributed by atoms with Crippen LogP contribution in [0, 0.1) is 0 Å². The number of hydrogen-bond acceptors (Lipinski definition) is 5. The van der Waals surface area contributed by atoms with Crippen LogP contribution in [0.25, 0.3) is 0 Å². The quantitative estimate of drug-likeness (QED) is 0.431. The van der Waals surface area contributed by atoms with Gasteiger partial charge in [0.05, 0.1) is 19.8 Å². The SMILES string of the molecule is C.C.C.C.C.CC(C)(C)[O-].CCCO.COCCBr.OCCO.[K+]. The molecule has 0 saturated carbocycles. The van der Waals surface area contributed by atoms with Crippen molar-refractivity contribution in [3.8, 4) is 0 Å². The van der Waals surface area contributed by atoms with Gasteiger partial charge >= 0.3 is 51.4 Å². The predicted octanol–water partition coefficient (Wildman–Crippen LogP) is 0.717. The van der Waals surface area contributed by atoms with E-state index in [1.807, 2.05) is 6.92 Å². The van der Waals surface area contributed by atoms with Crippen molar-refractivity contribution in [3.63, 3.8) is 0 Å². The molecule has 0 aromatic rings. The fraction of sp³-hybridized carbons (Fsp3) is 1.00. The third-order valence-corrected chi connectivity index (χ3v) is 0.929. The van der Waals surface area contributed by atoms with Gasteiger partial charge in [0.15, 0.2) is 0 Å². The van der Waals surface area contributed by atoms with Crippen molar-refractivity contribution < 1.29 is 76.5 Å². The van der Waals surface area contributed by atoms with Gasteiger partial charge in [-0.15, -0.1) is 5.60 Å². The summed E-state index contributed by atoms with van der Waals surface area (Å²) in [5, 5.41) is 34.2. The zero-order valence-electron chi connectivity index (χ0n) is 13.3. The minimum Gasteiger partial charge on any atom is -0.850 e. The van der Waals surface area contributed by atoms with Gasteiger partial charge in [-0.05, 0) is 6.42 Å². The van der Waals surface area contributed by atoms with E-state index in [1.165, 1.54) is 0 Å². The molecule has 0 fully saturated rings. The Kier molecular flexibility index (Phi) is 170. The molecule has 5 nitrogen and oxygen atoms in total. The van der Waals surface area contributed by atoms with E-state index in [0.29, 0.717) is 6.61 Å². The zero-order valence-corrected chi connectivity index (χ0v) is 18.0. The van der Waals surface area contributed by atoms with E-state index >= 15 is 0 Å².